The second-order valence-electron chi connectivity index (χ2n) is 17.1. The molecular formula is C59H41N3. The molecule has 0 unspecified atom stereocenters. The summed E-state index contributed by atoms with van der Waals surface area (Å²) in [7, 11) is 0. The highest BCUT2D eigenvalue weighted by Gasteiger charge is 2.53. The molecule has 9 aromatic carbocycles. The number of hydrogen-bond donors (Lipinski definition) is 0. The maximum Gasteiger partial charge on any atom is 0.164 e. The van der Waals surface area contributed by atoms with Crippen LogP contribution in [0.2, 0.25) is 0 Å². The Morgan fingerprint density at radius 1 is 0.290 bits per heavy atom. The van der Waals surface area contributed by atoms with Crippen molar-refractivity contribution in [3.8, 4) is 67.5 Å². The van der Waals surface area contributed by atoms with E-state index in [2.05, 4.69) is 166 Å². The molecule has 0 saturated carbocycles. The van der Waals surface area contributed by atoms with Gasteiger partial charge in [-0.25, -0.2) is 15.0 Å². The van der Waals surface area contributed by atoms with Crippen LogP contribution in [0.3, 0.4) is 0 Å². The maximum absolute atomic E-state index is 4.99. The first-order valence-electron chi connectivity index (χ1n) is 21.4. The minimum atomic E-state index is -0.416. The zero-order valence-corrected chi connectivity index (χ0v) is 34.5. The third-order valence-corrected chi connectivity index (χ3v) is 13.4. The second kappa shape index (κ2) is 13.9. The van der Waals surface area contributed by atoms with Crippen molar-refractivity contribution in [1.29, 1.82) is 0 Å². The summed E-state index contributed by atoms with van der Waals surface area (Å²) in [5.74, 6) is 1.95. The summed E-state index contributed by atoms with van der Waals surface area (Å²) in [5.41, 5.74) is 17.9. The van der Waals surface area contributed by atoms with E-state index >= 15 is 0 Å². The minimum absolute atomic E-state index is 0.130. The largest absolute Gasteiger partial charge is 0.208 e. The molecule has 0 N–H and O–H groups in total. The number of hydrogen-bond acceptors (Lipinski definition) is 3. The van der Waals surface area contributed by atoms with Crippen molar-refractivity contribution in [2.24, 2.45) is 0 Å². The van der Waals surface area contributed by atoms with Crippen molar-refractivity contribution >= 4 is 10.8 Å². The minimum Gasteiger partial charge on any atom is -0.208 e. The Morgan fingerprint density at radius 3 is 1.26 bits per heavy atom. The fourth-order valence-corrected chi connectivity index (χ4v) is 10.6. The summed E-state index contributed by atoms with van der Waals surface area (Å²) >= 11 is 0. The quantitative estimate of drug-likeness (QED) is 0.174. The summed E-state index contributed by atoms with van der Waals surface area (Å²) < 4.78 is 0. The molecule has 62 heavy (non-hydrogen) atoms. The molecule has 1 heterocycles. The molecule has 3 heteroatoms. The van der Waals surface area contributed by atoms with E-state index in [-0.39, 0.29) is 5.41 Å². The van der Waals surface area contributed by atoms with Crippen molar-refractivity contribution in [1.82, 2.24) is 15.0 Å². The average Bonchev–Trinajstić information content (AvgIpc) is 3.63. The first-order valence-corrected chi connectivity index (χ1v) is 21.4. The third kappa shape index (κ3) is 5.34. The summed E-state index contributed by atoms with van der Waals surface area (Å²) in [4.78, 5) is 14.9. The molecule has 0 aliphatic heterocycles. The molecule has 10 aromatic rings. The van der Waals surface area contributed by atoms with E-state index in [0.29, 0.717) is 17.5 Å². The maximum atomic E-state index is 4.99. The fourth-order valence-electron chi connectivity index (χ4n) is 10.6. The van der Waals surface area contributed by atoms with Crippen LogP contribution in [0, 0.1) is 0 Å². The number of nitrogens with zero attached hydrogens (tertiary/aromatic N) is 3. The Balaban J connectivity index is 0.995. The monoisotopic (exact) mass is 791 g/mol. The Hall–Kier alpha value is -7.75. The van der Waals surface area contributed by atoms with Gasteiger partial charge in [0.05, 0.1) is 5.41 Å². The second-order valence-corrected chi connectivity index (χ2v) is 17.1. The molecule has 0 fully saturated rings. The molecule has 0 bridgehead atoms. The molecule has 2 aliphatic rings. The van der Waals surface area contributed by atoms with Gasteiger partial charge in [-0.1, -0.05) is 220 Å². The van der Waals surface area contributed by atoms with Crippen LogP contribution in [0.5, 0.6) is 0 Å². The van der Waals surface area contributed by atoms with E-state index in [1.54, 1.807) is 0 Å². The first-order chi connectivity index (χ1) is 30.5. The first kappa shape index (κ1) is 36.1. The predicted molar refractivity (Wildman–Crippen MR) is 254 cm³/mol. The van der Waals surface area contributed by atoms with Crippen LogP contribution in [0.1, 0.15) is 47.2 Å². The predicted octanol–water partition coefficient (Wildman–Crippen LogP) is 14.4. The highest BCUT2D eigenvalue weighted by Crippen LogP contribution is 2.62. The fraction of sp³-hybridized carbons (Fsp3) is 0.0678. The third-order valence-electron chi connectivity index (χ3n) is 13.4. The van der Waals surface area contributed by atoms with Crippen LogP contribution >= 0.6 is 0 Å². The summed E-state index contributed by atoms with van der Waals surface area (Å²) in [6.45, 7) is 4.76. The van der Waals surface area contributed by atoms with Gasteiger partial charge in [-0.05, 0) is 83.6 Å². The SMILES string of the molecule is CC1(C)c2ccccc2C2(c3ccccc3-c3cc(-c4cccc5cccc(-c6ccc(-c7nc(-c8ccccc8)nc(-c8ccccc8)n7)cc6)c45)ccc32)c2ccccc21. The molecule has 0 amide bonds. The van der Waals surface area contributed by atoms with Crippen molar-refractivity contribution in [2.45, 2.75) is 24.7 Å². The van der Waals surface area contributed by atoms with E-state index in [4.69, 9.17) is 15.0 Å². The van der Waals surface area contributed by atoms with Gasteiger partial charge in [-0.3, -0.25) is 0 Å². The van der Waals surface area contributed by atoms with Crippen LogP contribution in [0.25, 0.3) is 78.3 Å². The van der Waals surface area contributed by atoms with Crippen LogP contribution in [0.15, 0.2) is 212 Å². The number of benzene rings is 9. The normalized spacial score (nSPS) is 13.9. The van der Waals surface area contributed by atoms with Crippen molar-refractivity contribution in [3.63, 3.8) is 0 Å². The topological polar surface area (TPSA) is 38.7 Å². The molecule has 0 radical (unpaired) electrons. The average molecular weight is 792 g/mol. The van der Waals surface area contributed by atoms with Gasteiger partial charge < -0.3 is 0 Å². The molecule has 2 aliphatic carbocycles. The lowest BCUT2D eigenvalue weighted by Crippen LogP contribution is -2.40. The molecule has 1 spiro atoms. The number of fused-ring (bicyclic) bond motifs is 10. The van der Waals surface area contributed by atoms with E-state index in [0.717, 1.165) is 22.3 Å². The summed E-state index contributed by atoms with van der Waals surface area (Å²) in [5, 5.41) is 2.44. The molecular weight excluding hydrogens is 751 g/mol. The van der Waals surface area contributed by atoms with Gasteiger partial charge in [0.1, 0.15) is 0 Å². The van der Waals surface area contributed by atoms with E-state index < -0.39 is 5.41 Å². The standard InChI is InChI=1S/C59H41N3/c1-58(2)50-27-11-13-29-52(50)59(53-30-14-12-28-51(53)58)48-26-10-9-23-46(48)47-37-43(35-36-49(47)59)45-25-16-22-39-21-15-24-44(54(39)45)38-31-33-42(34-32-38)57-61-55(40-17-5-3-6-18-40)60-56(62-57)41-19-7-4-8-20-41/h3-37H,1-2H3. The van der Waals surface area contributed by atoms with E-state index in [9.17, 15) is 0 Å². The highest BCUT2D eigenvalue weighted by molar-refractivity contribution is 6.07. The Labute approximate surface area is 362 Å². The van der Waals surface area contributed by atoms with Gasteiger partial charge in [0.2, 0.25) is 0 Å². The highest BCUT2D eigenvalue weighted by atomic mass is 15.0. The zero-order valence-electron chi connectivity index (χ0n) is 34.5. The molecule has 1 aromatic heterocycles. The van der Waals surface area contributed by atoms with Gasteiger partial charge in [0.15, 0.2) is 17.5 Å². The molecule has 12 rings (SSSR count). The van der Waals surface area contributed by atoms with Gasteiger partial charge in [-0.2, -0.15) is 0 Å². The number of aromatic nitrogens is 3. The lowest BCUT2D eigenvalue weighted by atomic mass is 9.55. The van der Waals surface area contributed by atoms with Crippen molar-refractivity contribution < 1.29 is 0 Å². The van der Waals surface area contributed by atoms with E-state index in [1.807, 2.05) is 60.7 Å². The van der Waals surface area contributed by atoms with Gasteiger partial charge >= 0.3 is 0 Å². The van der Waals surface area contributed by atoms with Crippen molar-refractivity contribution in [3.05, 3.63) is 246 Å². The van der Waals surface area contributed by atoms with Crippen LogP contribution in [0.4, 0.5) is 0 Å². The van der Waals surface area contributed by atoms with E-state index in [1.165, 1.54) is 72.0 Å². The zero-order chi connectivity index (χ0) is 41.4. The van der Waals surface area contributed by atoms with Crippen molar-refractivity contribution in [2.75, 3.05) is 0 Å². The van der Waals surface area contributed by atoms with Gasteiger partial charge in [-0.15, -0.1) is 0 Å². The Kier molecular flexibility index (Phi) is 8.10. The molecule has 3 nitrogen and oxygen atoms in total. The smallest absolute Gasteiger partial charge is 0.164 e. The van der Waals surface area contributed by atoms with Crippen LogP contribution in [-0.2, 0) is 10.8 Å². The summed E-state index contributed by atoms with van der Waals surface area (Å²) in [6.07, 6.45) is 0. The molecule has 292 valence electrons. The lowest BCUT2D eigenvalue weighted by molar-refractivity contribution is 0.563. The molecule has 0 saturated heterocycles. The number of rotatable bonds is 5. The van der Waals surface area contributed by atoms with Gasteiger partial charge in [0.25, 0.3) is 0 Å². The Bertz CT molecular complexity index is 3250. The Morgan fingerprint density at radius 2 is 0.694 bits per heavy atom. The van der Waals surface area contributed by atoms with Gasteiger partial charge in [0, 0.05) is 22.1 Å². The van der Waals surface area contributed by atoms with Crippen LogP contribution < -0.4 is 0 Å². The van der Waals surface area contributed by atoms with Crippen LogP contribution in [-0.4, -0.2) is 15.0 Å². The summed E-state index contributed by atoms with van der Waals surface area (Å²) in [6, 6.07) is 76.9. The lowest BCUT2D eigenvalue weighted by Gasteiger charge is -2.46. The molecule has 0 atom stereocenters.